The summed E-state index contributed by atoms with van der Waals surface area (Å²) in [7, 11) is 0. The highest BCUT2D eigenvalue weighted by atomic mass is 32.1. The van der Waals surface area contributed by atoms with Crippen molar-refractivity contribution in [3.8, 4) is 22.3 Å². The molecule has 0 amide bonds. The Balaban J connectivity index is 1.07. The number of nitrogens with zero attached hydrogens (tertiary/aromatic N) is 2. The highest BCUT2D eigenvalue weighted by Gasteiger charge is 2.23. The van der Waals surface area contributed by atoms with Crippen molar-refractivity contribution in [2.24, 2.45) is 9.98 Å². The van der Waals surface area contributed by atoms with Crippen LogP contribution in [0, 0.1) is 0 Å². The van der Waals surface area contributed by atoms with Crippen molar-refractivity contribution in [2.45, 2.75) is 6.17 Å². The van der Waals surface area contributed by atoms with Crippen LogP contribution in [0.3, 0.4) is 0 Å². The standard InChI is InChI=1S/C47H31N3S/c1-3-12-30(13-4-1)36-17-9-20-39-38(36)19-11-22-42(39)47-49-45(31-14-5-2-6-15-31)48-46(50-47)35-27-25-32-28-34(26-24-33(32)29-35)37-18-10-21-41-40-16-7-8-23-43(40)51-44(37)41/h1-29,47H,(H,48,49,50). The minimum absolute atomic E-state index is 0.411. The molecule has 1 atom stereocenters. The van der Waals surface area contributed by atoms with E-state index in [2.05, 4.69) is 175 Å². The van der Waals surface area contributed by atoms with Crippen molar-refractivity contribution in [2.75, 3.05) is 0 Å². The Labute approximate surface area is 299 Å². The Kier molecular flexibility index (Phi) is 7.07. The number of hydrogen-bond donors (Lipinski definition) is 1. The van der Waals surface area contributed by atoms with E-state index >= 15 is 0 Å². The van der Waals surface area contributed by atoms with Gasteiger partial charge in [-0.2, -0.15) is 0 Å². The number of nitrogens with one attached hydrogen (secondary N) is 1. The van der Waals surface area contributed by atoms with Crippen molar-refractivity contribution in [3.63, 3.8) is 0 Å². The maximum absolute atomic E-state index is 5.30. The third-order valence-corrected chi connectivity index (χ3v) is 11.2. The predicted octanol–water partition coefficient (Wildman–Crippen LogP) is 12.2. The van der Waals surface area contributed by atoms with Crippen LogP contribution >= 0.6 is 11.3 Å². The fraction of sp³-hybridized carbons (Fsp3) is 0.0213. The molecule has 1 N–H and O–H groups in total. The van der Waals surface area contributed by atoms with Crippen LogP contribution in [-0.2, 0) is 0 Å². The second kappa shape index (κ2) is 12.2. The molecule has 9 aromatic rings. The number of aliphatic imine (C=N–C) groups is 2. The van der Waals surface area contributed by atoms with Gasteiger partial charge in [0.05, 0.1) is 0 Å². The first-order valence-corrected chi connectivity index (χ1v) is 18.1. The first kappa shape index (κ1) is 29.5. The second-order valence-corrected chi connectivity index (χ2v) is 14.0. The highest BCUT2D eigenvalue weighted by Crippen LogP contribution is 2.41. The minimum Gasteiger partial charge on any atom is -0.324 e. The van der Waals surface area contributed by atoms with Gasteiger partial charge < -0.3 is 5.32 Å². The average molecular weight is 670 g/mol. The lowest BCUT2D eigenvalue weighted by atomic mass is 9.94. The molecule has 0 radical (unpaired) electrons. The van der Waals surface area contributed by atoms with Gasteiger partial charge in [-0.15, -0.1) is 11.3 Å². The summed E-state index contributed by atoms with van der Waals surface area (Å²) in [5, 5.41) is 11.0. The molecule has 1 aliphatic heterocycles. The maximum Gasteiger partial charge on any atom is 0.170 e. The Hall–Kier alpha value is -6.36. The normalized spacial score (nSPS) is 14.5. The van der Waals surface area contributed by atoms with Gasteiger partial charge in [-0.3, -0.25) is 0 Å². The molecule has 240 valence electrons. The fourth-order valence-electron chi connectivity index (χ4n) is 7.44. The van der Waals surface area contributed by atoms with E-state index in [1.807, 2.05) is 17.4 Å². The topological polar surface area (TPSA) is 36.8 Å². The number of hydrogen-bond acceptors (Lipinski definition) is 4. The van der Waals surface area contributed by atoms with Crippen LogP contribution in [0.15, 0.2) is 186 Å². The molecule has 0 fully saturated rings. The summed E-state index contributed by atoms with van der Waals surface area (Å²) in [6.07, 6.45) is -0.411. The van der Waals surface area contributed by atoms with Crippen molar-refractivity contribution in [1.29, 1.82) is 0 Å². The zero-order valence-corrected chi connectivity index (χ0v) is 28.4. The molecule has 0 saturated heterocycles. The number of rotatable bonds is 5. The van der Waals surface area contributed by atoms with E-state index in [1.165, 1.54) is 58.6 Å². The largest absolute Gasteiger partial charge is 0.324 e. The SMILES string of the molecule is c1ccc(C2=NC(c3cccc4c(-c5ccccc5)cccc34)N=C(c3ccc4cc(-c5cccc6c5sc5ccccc56)ccc4c3)N2)cc1. The van der Waals surface area contributed by atoms with Gasteiger partial charge >= 0.3 is 0 Å². The number of thiophene rings is 1. The van der Waals surface area contributed by atoms with Gasteiger partial charge in [0, 0.05) is 36.9 Å². The lowest BCUT2D eigenvalue weighted by Crippen LogP contribution is -2.36. The van der Waals surface area contributed by atoms with Gasteiger partial charge in [-0.05, 0) is 62.0 Å². The van der Waals surface area contributed by atoms with Crippen LogP contribution in [0.4, 0.5) is 0 Å². The van der Waals surface area contributed by atoms with E-state index < -0.39 is 6.17 Å². The summed E-state index contributed by atoms with van der Waals surface area (Å²) < 4.78 is 2.65. The Morgan fingerprint density at radius 3 is 1.80 bits per heavy atom. The molecule has 0 aliphatic carbocycles. The molecule has 3 nitrogen and oxygen atoms in total. The van der Waals surface area contributed by atoms with Crippen LogP contribution in [0.5, 0.6) is 0 Å². The van der Waals surface area contributed by atoms with E-state index in [0.29, 0.717) is 0 Å². The Morgan fingerprint density at radius 1 is 0.412 bits per heavy atom. The maximum atomic E-state index is 5.30. The van der Waals surface area contributed by atoms with E-state index in [4.69, 9.17) is 9.98 Å². The van der Waals surface area contributed by atoms with Gasteiger partial charge in [-0.25, -0.2) is 9.98 Å². The first-order valence-electron chi connectivity index (χ1n) is 17.3. The smallest absolute Gasteiger partial charge is 0.170 e. The zero-order chi connectivity index (χ0) is 33.7. The third kappa shape index (κ3) is 5.20. The lowest BCUT2D eigenvalue weighted by Gasteiger charge is -2.23. The van der Waals surface area contributed by atoms with Crippen molar-refractivity contribution >= 4 is 64.7 Å². The summed E-state index contributed by atoms with van der Waals surface area (Å²) in [5.41, 5.74) is 8.04. The molecule has 8 aromatic carbocycles. The van der Waals surface area contributed by atoms with Gasteiger partial charge in [0.15, 0.2) is 6.17 Å². The lowest BCUT2D eigenvalue weighted by molar-refractivity contribution is 0.762. The quantitative estimate of drug-likeness (QED) is 0.195. The van der Waals surface area contributed by atoms with Crippen molar-refractivity contribution in [1.82, 2.24) is 5.32 Å². The second-order valence-electron chi connectivity index (χ2n) is 13.0. The van der Waals surface area contributed by atoms with Crippen molar-refractivity contribution in [3.05, 3.63) is 193 Å². The third-order valence-electron chi connectivity index (χ3n) is 9.93. The van der Waals surface area contributed by atoms with E-state index in [1.54, 1.807) is 0 Å². The summed E-state index contributed by atoms with van der Waals surface area (Å²) in [6, 6.07) is 62.7. The van der Waals surface area contributed by atoms with Crippen LogP contribution in [0.25, 0.3) is 64.0 Å². The van der Waals surface area contributed by atoms with Gasteiger partial charge in [0.2, 0.25) is 0 Å². The molecule has 0 saturated carbocycles. The van der Waals surface area contributed by atoms with Crippen LogP contribution < -0.4 is 5.32 Å². The Bertz CT molecular complexity index is 2830. The molecule has 1 aromatic heterocycles. The molecule has 2 heterocycles. The van der Waals surface area contributed by atoms with E-state index in [0.717, 1.165) is 33.7 Å². The predicted molar refractivity (Wildman–Crippen MR) is 217 cm³/mol. The highest BCUT2D eigenvalue weighted by molar-refractivity contribution is 7.26. The number of fused-ring (bicyclic) bond motifs is 5. The van der Waals surface area contributed by atoms with Crippen LogP contribution in [0.1, 0.15) is 22.9 Å². The molecule has 51 heavy (non-hydrogen) atoms. The fourth-order valence-corrected chi connectivity index (χ4v) is 8.68. The molecule has 10 rings (SSSR count). The molecule has 4 heteroatoms. The zero-order valence-electron chi connectivity index (χ0n) is 27.6. The monoisotopic (exact) mass is 669 g/mol. The van der Waals surface area contributed by atoms with Crippen molar-refractivity contribution < 1.29 is 0 Å². The van der Waals surface area contributed by atoms with Crippen LogP contribution in [0.2, 0.25) is 0 Å². The van der Waals surface area contributed by atoms with Gasteiger partial charge in [-0.1, -0.05) is 158 Å². The van der Waals surface area contributed by atoms with Gasteiger partial charge in [0.1, 0.15) is 11.7 Å². The molecule has 0 bridgehead atoms. The minimum atomic E-state index is -0.411. The van der Waals surface area contributed by atoms with E-state index in [9.17, 15) is 0 Å². The molecule has 1 aliphatic rings. The number of amidine groups is 2. The molecule has 0 spiro atoms. The van der Waals surface area contributed by atoms with Gasteiger partial charge in [0.25, 0.3) is 0 Å². The average Bonchev–Trinajstić information content (AvgIpc) is 3.59. The summed E-state index contributed by atoms with van der Waals surface area (Å²) in [5.74, 6) is 1.62. The summed E-state index contributed by atoms with van der Waals surface area (Å²) in [6.45, 7) is 0. The summed E-state index contributed by atoms with van der Waals surface area (Å²) >= 11 is 1.87. The van der Waals surface area contributed by atoms with E-state index in [-0.39, 0.29) is 0 Å². The van der Waals surface area contributed by atoms with Crippen LogP contribution in [-0.4, -0.2) is 11.7 Å². The first-order chi connectivity index (χ1) is 25.3. The summed E-state index contributed by atoms with van der Waals surface area (Å²) in [4.78, 5) is 10.5. The molecular formula is C47H31N3S. The Morgan fingerprint density at radius 2 is 1.00 bits per heavy atom. The molecule has 1 unspecified atom stereocenters. The molecular weight excluding hydrogens is 639 g/mol. The number of benzene rings is 8.